The lowest BCUT2D eigenvalue weighted by Crippen LogP contribution is -2.39. The number of carbonyl (C=O) groups is 2. The van der Waals surface area contributed by atoms with Gasteiger partial charge in [-0.3, -0.25) is 9.69 Å². The fraction of sp³-hybridized carbons (Fsp3) is 0.200. The van der Waals surface area contributed by atoms with Gasteiger partial charge in [0.05, 0.1) is 16.5 Å². The zero-order valence-electron chi connectivity index (χ0n) is 14.9. The van der Waals surface area contributed by atoms with Crippen LogP contribution in [0.5, 0.6) is 0 Å². The van der Waals surface area contributed by atoms with E-state index in [9.17, 15) is 14.7 Å². The summed E-state index contributed by atoms with van der Waals surface area (Å²) in [6, 6.07) is 9.17. The molecule has 0 saturated carbocycles. The van der Waals surface area contributed by atoms with Crippen LogP contribution in [0.15, 0.2) is 42.9 Å². The van der Waals surface area contributed by atoms with Gasteiger partial charge in [-0.1, -0.05) is 35.9 Å². The van der Waals surface area contributed by atoms with E-state index >= 15 is 0 Å². The quantitative estimate of drug-likeness (QED) is 0.509. The molecule has 1 atom stereocenters. The van der Waals surface area contributed by atoms with Crippen LogP contribution in [0.1, 0.15) is 42.8 Å². The van der Waals surface area contributed by atoms with E-state index in [1.54, 1.807) is 6.07 Å². The van der Waals surface area contributed by atoms with E-state index in [-0.39, 0.29) is 16.5 Å². The maximum absolute atomic E-state index is 12.9. The first-order valence-corrected chi connectivity index (χ1v) is 9.84. The molecule has 0 spiro atoms. The van der Waals surface area contributed by atoms with Crippen molar-refractivity contribution in [1.29, 1.82) is 0 Å². The molecule has 3 aromatic rings. The van der Waals surface area contributed by atoms with Crippen LogP contribution in [0.25, 0.3) is 0 Å². The molecule has 1 aliphatic heterocycles. The highest BCUT2D eigenvalue weighted by Gasteiger charge is 2.34. The Labute approximate surface area is 170 Å². The molecule has 1 N–H and O–H groups in total. The van der Waals surface area contributed by atoms with E-state index in [0.717, 1.165) is 21.6 Å². The Balaban J connectivity index is 1.80. The van der Waals surface area contributed by atoms with E-state index < -0.39 is 12.1 Å². The second-order valence-corrected chi connectivity index (χ2v) is 8.12. The third-order valence-electron chi connectivity index (χ3n) is 4.91. The zero-order valence-corrected chi connectivity index (χ0v) is 16.5. The van der Waals surface area contributed by atoms with Crippen LogP contribution in [0, 0.1) is 6.92 Å². The average Bonchev–Trinajstić information content (AvgIpc) is 3.08. The minimum atomic E-state index is -0.975. The maximum atomic E-state index is 12.9. The summed E-state index contributed by atoms with van der Waals surface area (Å²) in [6.07, 6.45) is 2.38. The van der Waals surface area contributed by atoms with Gasteiger partial charge in [0.2, 0.25) is 5.78 Å². The fourth-order valence-electron chi connectivity index (χ4n) is 3.59. The molecule has 0 radical (unpaired) electrons. The average molecular weight is 414 g/mol. The zero-order chi connectivity index (χ0) is 19.8. The number of aryl methyl sites for hydroxylation is 1. The molecule has 1 aromatic carbocycles. The number of hydrogen-bond donors (Lipinski definition) is 1. The lowest BCUT2D eigenvalue weighted by Gasteiger charge is -2.35. The van der Waals surface area contributed by atoms with Crippen LogP contribution in [0.4, 0.5) is 4.79 Å². The number of rotatable bonds is 3. The molecule has 0 bridgehead atoms. The molecule has 3 heterocycles. The molecule has 28 heavy (non-hydrogen) atoms. The number of carboxylic acid groups (broad SMARTS) is 1. The summed E-state index contributed by atoms with van der Waals surface area (Å²) < 4.78 is 0. The molecule has 1 amide bonds. The number of ketones is 1. The van der Waals surface area contributed by atoms with Gasteiger partial charge in [0.25, 0.3) is 0 Å². The largest absolute Gasteiger partial charge is 0.465 e. The summed E-state index contributed by atoms with van der Waals surface area (Å²) in [4.78, 5) is 35.3. The summed E-state index contributed by atoms with van der Waals surface area (Å²) >= 11 is 7.37. The van der Waals surface area contributed by atoms with Crippen LogP contribution in [0.2, 0.25) is 5.15 Å². The number of hydrogen-bond acceptors (Lipinski definition) is 5. The molecular weight excluding hydrogens is 398 g/mol. The van der Waals surface area contributed by atoms with Gasteiger partial charge in [-0.05, 0) is 36.1 Å². The Kier molecular flexibility index (Phi) is 4.87. The number of thiophene rings is 1. The van der Waals surface area contributed by atoms with Gasteiger partial charge in [0.1, 0.15) is 11.5 Å². The van der Waals surface area contributed by atoms with Gasteiger partial charge >= 0.3 is 6.09 Å². The number of amides is 1. The molecule has 0 aliphatic carbocycles. The van der Waals surface area contributed by atoms with Crippen molar-refractivity contribution in [3.05, 3.63) is 80.0 Å². The van der Waals surface area contributed by atoms with Crippen molar-refractivity contribution >= 4 is 34.8 Å². The van der Waals surface area contributed by atoms with E-state index in [1.807, 2.05) is 31.2 Å². The van der Waals surface area contributed by atoms with Gasteiger partial charge in [0.15, 0.2) is 0 Å². The van der Waals surface area contributed by atoms with Gasteiger partial charge in [-0.2, -0.15) is 0 Å². The first-order chi connectivity index (χ1) is 13.5. The molecule has 4 rings (SSSR count). The van der Waals surface area contributed by atoms with Gasteiger partial charge in [-0.15, -0.1) is 11.3 Å². The molecular formula is C20H16ClN3O3S. The second-order valence-electron chi connectivity index (χ2n) is 6.51. The summed E-state index contributed by atoms with van der Waals surface area (Å²) in [5, 5.41) is 9.85. The van der Waals surface area contributed by atoms with Gasteiger partial charge < -0.3 is 5.11 Å². The van der Waals surface area contributed by atoms with Crippen molar-refractivity contribution in [3.8, 4) is 0 Å². The number of benzene rings is 1. The fourth-order valence-corrected chi connectivity index (χ4v) is 4.77. The molecule has 2 aromatic heterocycles. The molecule has 8 heteroatoms. The lowest BCUT2D eigenvalue weighted by atomic mass is 9.88. The Morgan fingerprint density at radius 2 is 2.07 bits per heavy atom. The molecule has 6 nitrogen and oxygen atoms in total. The van der Waals surface area contributed by atoms with Gasteiger partial charge in [-0.25, -0.2) is 14.8 Å². The summed E-state index contributed by atoms with van der Waals surface area (Å²) in [5.74, 6) is -0.268. The number of fused-ring (bicyclic) bond motifs is 1. The van der Waals surface area contributed by atoms with Crippen molar-refractivity contribution in [3.63, 3.8) is 0 Å². The minimum Gasteiger partial charge on any atom is -0.465 e. The van der Waals surface area contributed by atoms with Crippen molar-refractivity contribution in [2.24, 2.45) is 0 Å². The molecule has 0 fully saturated rings. The van der Waals surface area contributed by atoms with Crippen LogP contribution in [-0.4, -0.2) is 38.4 Å². The van der Waals surface area contributed by atoms with Crippen molar-refractivity contribution in [1.82, 2.24) is 14.9 Å². The topological polar surface area (TPSA) is 83.4 Å². The summed E-state index contributed by atoms with van der Waals surface area (Å²) in [5.41, 5.74) is 3.13. The van der Waals surface area contributed by atoms with Crippen LogP contribution >= 0.6 is 22.9 Å². The summed E-state index contributed by atoms with van der Waals surface area (Å²) in [7, 11) is 0. The molecule has 1 aliphatic rings. The van der Waals surface area contributed by atoms with Crippen molar-refractivity contribution in [2.75, 3.05) is 6.54 Å². The van der Waals surface area contributed by atoms with E-state index in [4.69, 9.17) is 11.6 Å². The van der Waals surface area contributed by atoms with Gasteiger partial charge in [0, 0.05) is 17.6 Å². The van der Waals surface area contributed by atoms with E-state index in [2.05, 4.69) is 9.97 Å². The lowest BCUT2D eigenvalue weighted by molar-refractivity contribution is 0.104. The van der Waals surface area contributed by atoms with Crippen molar-refractivity contribution < 1.29 is 14.7 Å². The van der Waals surface area contributed by atoms with Crippen LogP contribution < -0.4 is 0 Å². The smallest absolute Gasteiger partial charge is 0.408 e. The number of carbonyl (C=O) groups excluding carboxylic acids is 1. The predicted molar refractivity (Wildman–Crippen MR) is 106 cm³/mol. The van der Waals surface area contributed by atoms with Crippen molar-refractivity contribution in [2.45, 2.75) is 19.4 Å². The van der Waals surface area contributed by atoms with E-state index in [1.165, 1.54) is 28.8 Å². The molecule has 142 valence electrons. The van der Waals surface area contributed by atoms with Crippen LogP contribution in [0.3, 0.4) is 0 Å². The number of aromatic nitrogens is 2. The standard InChI is InChI=1S/C20H16ClN3O3S/c1-11-14(8-16(28-11)18(25)15-9-22-10-23-19(15)21)17-13-5-3-2-4-12(13)6-7-24(17)20(26)27/h2-5,8-10,17H,6-7H2,1H3,(H,26,27). The minimum absolute atomic E-state index is 0.0998. The summed E-state index contributed by atoms with van der Waals surface area (Å²) in [6.45, 7) is 2.31. The highest BCUT2D eigenvalue weighted by Crippen LogP contribution is 2.40. The van der Waals surface area contributed by atoms with E-state index in [0.29, 0.717) is 17.8 Å². The molecule has 0 saturated heterocycles. The first-order valence-electron chi connectivity index (χ1n) is 8.65. The maximum Gasteiger partial charge on any atom is 0.408 e. The Morgan fingerprint density at radius 3 is 2.82 bits per heavy atom. The third-order valence-corrected chi connectivity index (χ3v) is 6.28. The SMILES string of the molecule is Cc1sc(C(=O)c2cncnc2Cl)cc1C1c2ccccc2CCN1C(=O)O. The normalized spacial score (nSPS) is 15.9. The Bertz CT molecular complexity index is 1080. The first kappa shape index (κ1) is 18.6. The predicted octanol–water partition coefficient (Wildman–Crippen LogP) is 4.36. The Morgan fingerprint density at radius 1 is 1.29 bits per heavy atom. The van der Waals surface area contributed by atoms with Crippen LogP contribution in [-0.2, 0) is 6.42 Å². The third kappa shape index (κ3) is 3.16. The number of halogens is 1. The Hall–Kier alpha value is -2.77. The second kappa shape index (κ2) is 7.33. The highest BCUT2D eigenvalue weighted by atomic mass is 35.5. The monoisotopic (exact) mass is 413 g/mol. The molecule has 1 unspecified atom stereocenters. The highest BCUT2D eigenvalue weighted by molar-refractivity contribution is 7.14. The number of nitrogens with zero attached hydrogens (tertiary/aromatic N) is 3.